The fraction of sp³-hybridized carbons (Fsp3) is 0.105. The van der Waals surface area contributed by atoms with Gasteiger partial charge in [-0.25, -0.2) is 0 Å². The van der Waals surface area contributed by atoms with Crippen LogP contribution >= 0.6 is 11.3 Å². The summed E-state index contributed by atoms with van der Waals surface area (Å²) in [7, 11) is 0. The lowest BCUT2D eigenvalue weighted by atomic mass is 10.1. The summed E-state index contributed by atoms with van der Waals surface area (Å²) < 4.78 is 5.37. The van der Waals surface area contributed by atoms with E-state index in [1.807, 2.05) is 18.2 Å². The van der Waals surface area contributed by atoms with E-state index in [2.05, 4.69) is 15.5 Å². The van der Waals surface area contributed by atoms with Crippen LogP contribution in [0.2, 0.25) is 0 Å². The van der Waals surface area contributed by atoms with Crippen LogP contribution in [-0.2, 0) is 11.3 Å². The summed E-state index contributed by atoms with van der Waals surface area (Å²) in [4.78, 5) is 37.9. The number of fused-ring (bicyclic) bond motifs is 1. The largest absolute Gasteiger partial charge is 0.484 e. The van der Waals surface area contributed by atoms with Gasteiger partial charge < -0.3 is 4.74 Å². The summed E-state index contributed by atoms with van der Waals surface area (Å²) in [5.41, 5.74) is 0.757. The molecule has 1 aliphatic heterocycles. The number of benzene rings is 2. The second kappa shape index (κ2) is 7.57. The number of rotatable bonds is 6. The van der Waals surface area contributed by atoms with Crippen molar-refractivity contribution in [3.05, 3.63) is 70.7 Å². The summed E-state index contributed by atoms with van der Waals surface area (Å²) in [6.45, 7) is -0.169. The topological polar surface area (TPSA) is 101 Å². The standard InChI is InChI=1S/C19H14N4O4S/c24-15(11-27-12-6-2-1-3-7-12)20-19-22-21-16(28-19)10-23-17(25)13-8-4-5-9-14(13)18(23)26/h1-9H,10-11H2,(H,20,22,24). The van der Waals surface area contributed by atoms with Crippen LogP contribution in [0.4, 0.5) is 5.13 Å². The van der Waals surface area contributed by atoms with Crippen LogP contribution in [0, 0.1) is 0 Å². The molecule has 3 aromatic rings. The Kier molecular flexibility index (Phi) is 4.81. The Morgan fingerprint density at radius 3 is 2.29 bits per heavy atom. The third kappa shape index (κ3) is 3.60. The van der Waals surface area contributed by atoms with Crippen LogP contribution in [0.25, 0.3) is 0 Å². The van der Waals surface area contributed by atoms with Crippen LogP contribution in [0.5, 0.6) is 5.75 Å². The average molecular weight is 394 g/mol. The van der Waals surface area contributed by atoms with E-state index in [9.17, 15) is 14.4 Å². The SMILES string of the molecule is O=C(COc1ccccc1)Nc1nnc(CN2C(=O)c3ccccc3C2=O)s1. The first-order valence-electron chi connectivity index (χ1n) is 8.37. The van der Waals surface area contributed by atoms with Crippen molar-refractivity contribution in [3.8, 4) is 5.75 Å². The molecule has 140 valence electrons. The van der Waals surface area contributed by atoms with Crippen LogP contribution in [-0.4, -0.2) is 39.4 Å². The van der Waals surface area contributed by atoms with Crippen LogP contribution in [0.1, 0.15) is 25.7 Å². The number of hydrogen-bond acceptors (Lipinski definition) is 7. The van der Waals surface area contributed by atoms with Gasteiger partial charge in [-0.05, 0) is 24.3 Å². The zero-order chi connectivity index (χ0) is 19.5. The molecule has 0 bridgehead atoms. The minimum atomic E-state index is -0.382. The summed E-state index contributed by atoms with van der Waals surface area (Å²) in [5.74, 6) is -0.524. The van der Waals surface area contributed by atoms with Crippen molar-refractivity contribution in [3.63, 3.8) is 0 Å². The molecule has 4 rings (SSSR count). The number of aromatic nitrogens is 2. The number of para-hydroxylation sites is 1. The highest BCUT2D eigenvalue weighted by Gasteiger charge is 2.35. The minimum absolute atomic E-state index is 0.000396. The predicted molar refractivity (Wildman–Crippen MR) is 101 cm³/mol. The molecule has 0 saturated carbocycles. The fourth-order valence-electron chi connectivity index (χ4n) is 2.71. The van der Waals surface area contributed by atoms with Crippen LogP contribution < -0.4 is 10.1 Å². The second-order valence-electron chi connectivity index (χ2n) is 5.89. The average Bonchev–Trinajstić information content (AvgIpc) is 3.26. The molecule has 0 unspecified atom stereocenters. The Labute approximate surface area is 163 Å². The van der Waals surface area contributed by atoms with Gasteiger partial charge in [0.15, 0.2) is 6.61 Å². The van der Waals surface area contributed by atoms with E-state index in [1.54, 1.807) is 36.4 Å². The maximum atomic E-state index is 12.4. The Morgan fingerprint density at radius 2 is 1.61 bits per heavy atom. The summed E-state index contributed by atoms with van der Waals surface area (Å²) >= 11 is 1.10. The number of nitrogens with zero attached hydrogens (tertiary/aromatic N) is 3. The van der Waals surface area contributed by atoms with E-state index in [0.29, 0.717) is 21.9 Å². The van der Waals surface area contributed by atoms with Gasteiger partial charge in [-0.15, -0.1) is 10.2 Å². The number of ether oxygens (including phenoxy) is 1. The number of nitrogens with one attached hydrogen (secondary N) is 1. The van der Waals surface area contributed by atoms with Gasteiger partial charge in [0.05, 0.1) is 17.7 Å². The first kappa shape index (κ1) is 17.8. The molecule has 9 heteroatoms. The van der Waals surface area contributed by atoms with Crippen molar-refractivity contribution in [2.45, 2.75) is 6.54 Å². The van der Waals surface area contributed by atoms with Crippen molar-refractivity contribution < 1.29 is 19.1 Å². The minimum Gasteiger partial charge on any atom is -0.484 e. The van der Waals surface area contributed by atoms with Crippen molar-refractivity contribution >= 4 is 34.2 Å². The smallest absolute Gasteiger partial charge is 0.264 e. The number of hydrogen-bond donors (Lipinski definition) is 1. The van der Waals surface area contributed by atoms with Gasteiger partial charge in [0, 0.05) is 0 Å². The highest BCUT2D eigenvalue weighted by atomic mass is 32.1. The van der Waals surface area contributed by atoms with E-state index >= 15 is 0 Å². The molecule has 0 saturated heterocycles. The van der Waals surface area contributed by atoms with E-state index < -0.39 is 0 Å². The summed E-state index contributed by atoms with van der Waals surface area (Å²) in [6.07, 6.45) is 0. The molecule has 0 fully saturated rings. The zero-order valence-corrected chi connectivity index (χ0v) is 15.3. The Bertz CT molecular complexity index is 1020. The third-order valence-electron chi connectivity index (χ3n) is 4.00. The molecule has 1 N–H and O–H groups in total. The lowest BCUT2D eigenvalue weighted by molar-refractivity contribution is -0.118. The Balaban J connectivity index is 1.35. The molecule has 0 atom stereocenters. The molecule has 0 spiro atoms. The lowest BCUT2D eigenvalue weighted by Gasteiger charge is -2.10. The molecule has 3 amide bonds. The zero-order valence-electron chi connectivity index (χ0n) is 14.5. The van der Waals surface area contributed by atoms with Gasteiger partial charge in [-0.3, -0.25) is 24.6 Å². The van der Waals surface area contributed by atoms with Crippen molar-refractivity contribution in [1.29, 1.82) is 0 Å². The Hall–Kier alpha value is -3.59. The van der Waals surface area contributed by atoms with Crippen molar-refractivity contribution in [2.24, 2.45) is 0 Å². The van der Waals surface area contributed by atoms with Crippen LogP contribution in [0.15, 0.2) is 54.6 Å². The fourth-order valence-corrected chi connectivity index (χ4v) is 3.45. The molecule has 2 heterocycles. The molecule has 8 nitrogen and oxygen atoms in total. The van der Waals surface area contributed by atoms with Gasteiger partial charge in [-0.1, -0.05) is 41.7 Å². The quantitative estimate of drug-likeness (QED) is 0.644. The normalized spacial score (nSPS) is 12.8. The molecule has 0 radical (unpaired) electrons. The van der Waals surface area contributed by atoms with Gasteiger partial charge in [-0.2, -0.15) is 0 Å². The lowest BCUT2D eigenvalue weighted by Crippen LogP contribution is -2.29. The maximum absolute atomic E-state index is 12.4. The molecule has 1 aromatic heterocycles. The van der Waals surface area contributed by atoms with E-state index in [4.69, 9.17) is 4.74 Å². The third-order valence-corrected chi connectivity index (χ3v) is 4.82. The molecular formula is C19H14N4O4S. The number of carbonyl (C=O) groups is 3. The molecule has 0 aliphatic carbocycles. The highest BCUT2D eigenvalue weighted by Crippen LogP contribution is 2.25. The summed E-state index contributed by atoms with van der Waals surface area (Å²) in [6, 6.07) is 15.6. The Morgan fingerprint density at radius 1 is 0.964 bits per heavy atom. The molecule has 28 heavy (non-hydrogen) atoms. The summed E-state index contributed by atoms with van der Waals surface area (Å²) in [5, 5.41) is 11.1. The number of anilines is 1. The van der Waals surface area contributed by atoms with Crippen LogP contribution in [0.3, 0.4) is 0 Å². The predicted octanol–water partition coefficient (Wildman–Crippen LogP) is 2.35. The van der Waals surface area contributed by atoms with Gasteiger partial charge in [0.2, 0.25) is 5.13 Å². The first-order valence-corrected chi connectivity index (χ1v) is 9.19. The monoisotopic (exact) mass is 394 g/mol. The van der Waals surface area contributed by atoms with Gasteiger partial charge in [0.25, 0.3) is 17.7 Å². The van der Waals surface area contributed by atoms with E-state index in [-0.39, 0.29) is 36.0 Å². The van der Waals surface area contributed by atoms with Crippen molar-refractivity contribution in [2.75, 3.05) is 11.9 Å². The molecular weight excluding hydrogens is 380 g/mol. The maximum Gasteiger partial charge on any atom is 0.264 e. The highest BCUT2D eigenvalue weighted by molar-refractivity contribution is 7.15. The first-order chi connectivity index (χ1) is 13.6. The number of carbonyl (C=O) groups excluding carboxylic acids is 3. The second-order valence-corrected chi connectivity index (χ2v) is 6.95. The van der Waals surface area contributed by atoms with Crippen molar-refractivity contribution in [1.82, 2.24) is 15.1 Å². The number of imide groups is 1. The number of amides is 3. The molecule has 1 aliphatic rings. The van der Waals surface area contributed by atoms with Gasteiger partial charge >= 0.3 is 0 Å². The van der Waals surface area contributed by atoms with E-state index in [1.165, 1.54) is 0 Å². The molecule has 2 aromatic carbocycles. The van der Waals surface area contributed by atoms with E-state index in [0.717, 1.165) is 16.2 Å². The van der Waals surface area contributed by atoms with Gasteiger partial charge in [0.1, 0.15) is 10.8 Å².